The van der Waals surface area contributed by atoms with Crippen molar-refractivity contribution in [3.63, 3.8) is 0 Å². The molecule has 0 spiro atoms. The van der Waals surface area contributed by atoms with E-state index in [2.05, 4.69) is 9.97 Å². The van der Waals surface area contributed by atoms with Crippen LogP contribution in [0, 0.1) is 0 Å². The van der Waals surface area contributed by atoms with Crippen molar-refractivity contribution in [3.05, 3.63) is 50.4 Å². The number of aromatic nitrogens is 2. The predicted octanol–water partition coefficient (Wildman–Crippen LogP) is 3.92. The smallest absolute Gasteiger partial charge is 0.259 e. The Labute approximate surface area is 200 Å². The van der Waals surface area contributed by atoms with Crippen LogP contribution in [0.5, 0.6) is 11.5 Å². The summed E-state index contributed by atoms with van der Waals surface area (Å²) in [7, 11) is 0. The van der Waals surface area contributed by atoms with E-state index in [1.165, 1.54) is 10.4 Å². The lowest BCUT2D eigenvalue weighted by Crippen LogP contribution is -2.31. The number of nitrogens with zero attached hydrogens (tertiary/aromatic N) is 2. The quantitative estimate of drug-likeness (QED) is 0.487. The van der Waals surface area contributed by atoms with E-state index in [9.17, 15) is 9.59 Å². The van der Waals surface area contributed by atoms with Gasteiger partial charge in [0.25, 0.3) is 5.56 Å². The van der Waals surface area contributed by atoms with Gasteiger partial charge in [-0.05, 0) is 37.8 Å². The van der Waals surface area contributed by atoms with Crippen LogP contribution in [-0.4, -0.2) is 46.3 Å². The number of hydrogen-bond donors (Lipinski definition) is 1. The lowest BCUT2D eigenvalue weighted by Gasteiger charge is -2.25. The Morgan fingerprint density at radius 3 is 3.03 bits per heavy atom. The van der Waals surface area contributed by atoms with Gasteiger partial charge in [-0.25, -0.2) is 4.98 Å². The van der Waals surface area contributed by atoms with Gasteiger partial charge in [0.15, 0.2) is 11.5 Å². The molecule has 0 saturated carbocycles. The molecule has 174 valence electrons. The number of ether oxygens (including phenoxy) is 2. The molecule has 7 nitrogen and oxygen atoms in total. The van der Waals surface area contributed by atoms with Crippen LogP contribution in [0.2, 0.25) is 0 Å². The SMILES string of the molecule is CCN(Cc1cccc2c1OCCO2)C(=O)CCSCc1nc2sc3c(c2c(=O)[nH]1)CCC3. The third-order valence-corrected chi connectivity index (χ3v) is 8.22. The maximum Gasteiger partial charge on any atom is 0.259 e. The molecule has 1 aliphatic heterocycles. The summed E-state index contributed by atoms with van der Waals surface area (Å²) in [5.74, 6) is 3.53. The topological polar surface area (TPSA) is 84.5 Å². The van der Waals surface area contributed by atoms with Crippen molar-refractivity contribution in [2.24, 2.45) is 0 Å². The summed E-state index contributed by atoms with van der Waals surface area (Å²) in [4.78, 5) is 37.1. The van der Waals surface area contributed by atoms with Gasteiger partial charge in [0, 0.05) is 35.7 Å². The standard InChI is InChI=1S/C24H27N3O4S2/c1-2-27(13-15-5-3-7-17-22(15)31-11-10-30-17)20(28)9-12-32-14-19-25-23(29)21-16-6-4-8-18(16)33-24(21)26-19/h3,5,7H,2,4,6,8-14H2,1H3,(H,25,26,29). The molecule has 0 fully saturated rings. The first-order valence-corrected chi connectivity index (χ1v) is 13.4. The number of thioether (sulfide) groups is 1. The summed E-state index contributed by atoms with van der Waals surface area (Å²) in [5, 5.41) is 0.785. The number of aryl methyl sites for hydroxylation is 2. The van der Waals surface area contributed by atoms with Gasteiger partial charge in [-0.2, -0.15) is 11.8 Å². The maximum atomic E-state index is 12.8. The van der Waals surface area contributed by atoms with Gasteiger partial charge in [-0.1, -0.05) is 12.1 Å². The highest BCUT2D eigenvalue weighted by Crippen LogP contribution is 2.35. The molecule has 0 atom stereocenters. The van der Waals surface area contributed by atoms with E-state index in [-0.39, 0.29) is 11.5 Å². The second-order valence-electron chi connectivity index (χ2n) is 8.20. The summed E-state index contributed by atoms with van der Waals surface area (Å²) in [5.41, 5.74) is 2.14. The monoisotopic (exact) mass is 485 g/mol. The lowest BCUT2D eigenvalue weighted by molar-refractivity contribution is -0.131. The fourth-order valence-electron chi connectivity index (χ4n) is 4.44. The fourth-order valence-corrected chi connectivity index (χ4v) is 6.52. The lowest BCUT2D eigenvalue weighted by atomic mass is 10.1. The van der Waals surface area contributed by atoms with Crippen LogP contribution < -0.4 is 15.0 Å². The molecule has 1 N–H and O–H groups in total. The number of fused-ring (bicyclic) bond motifs is 4. The van der Waals surface area contributed by atoms with Gasteiger partial charge in [-0.15, -0.1) is 11.3 Å². The number of H-pyrrole nitrogens is 1. The molecular weight excluding hydrogens is 458 g/mol. The second kappa shape index (κ2) is 9.77. The number of carbonyl (C=O) groups is 1. The molecule has 3 heterocycles. The van der Waals surface area contributed by atoms with Crippen LogP contribution in [0.4, 0.5) is 0 Å². The van der Waals surface area contributed by atoms with Crippen LogP contribution in [-0.2, 0) is 29.9 Å². The molecule has 0 radical (unpaired) electrons. The molecule has 1 aliphatic carbocycles. The summed E-state index contributed by atoms with van der Waals surface area (Å²) in [6.07, 6.45) is 3.60. The number of thiophene rings is 1. The zero-order valence-corrected chi connectivity index (χ0v) is 20.3. The van der Waals surface area contributed by atoms with Gasteiger partial charge in [0.2, 0.25) is 5.91 Å². The van der Waals surface area contributed by atoms with Crippen LogP contribution in [0.3, 0.4) is 0 Å². The van der Waals surface area contributed by atoms with E-state index in [0.29, 0.717) is 50.1 Å². The fraction of sp³-hybridized carbons (Fsp3) is 0.458. The van der Waals surface area contributed by atoms with Gasteiger partial charge in [0.05, 0.1) is 11.1 Å². The third-order valence-electron chi connectivity index (χ3n) is 6.07. The summed E-state index contributed by atoms with van der Waals surface area (Å²) < 4.78 is 11.4. The highest BCUT2D eigenvalue weighted by molar-refractivity contribution is 7.98. The highest BCUT2D eigenvalue weighted by atomic mass is 32.2. The first-order chi connectivity index (χ1) is 16.1. The number of amides is 1. The molecule has 1 amide bonds. The number of carbonyl (C=O) groups excluding carboxylic acids is 1. The summed E-state index contributed by atoms with van der Waals surface area (Å²) in [6.45, 7) is 4.19. The zero-order valence-electron chi connectivity index (χ0n) is 18.6. The largest absolute Gasteiger partial charge is 0.486 e. The van der Waals surface area contributed by atoms with Crippen molar-refractivity contribution >= 4 is 39.2 Å². The zero-order chi connectivity index (χ0) is 22.8. The molecule has 2 aliphatic rings. The van der Waals surface area contributed by atoms with Crippen LogP contribution >= 0.6 is 23.1 Å². The molecule has 33 heavy (non-hydrogen) atoms. The normalized spacial score (nSPS) is 14.5. The number of aromatic amines is 1. The van der Waals surface area contributed by atoms with Crippen molar-refractivity contribution in [1.82, 2.24) is 14.9 Å². The van der Waals surface area contributed by atoms with Gasteiger partial charge in [-0.3, -0.25) is 9.59 Å². The van der Waals surface area contributed by atoms with Gasteiger partial charge >= 0.3 is 0 Å². The predicted molar refractivity (Wildman–Crippen MR) is 132 cm³/mol. The number of para-hydroxylation sites is 1. The third kappa shape index (κ3) is 4.61. The first kappa shape index (κ1) is 22.3. The molecule has 9 heteroatoms. The maximum absolute atomic E-state index is 12.8. The van der Waals surface area contributed by atoms with Crippen molar-refractivity contribution in [3.8, 4) is 11.5 Å². The van der Waals surface area contributed by atoms with E-state index in [4.69, 9.17) is 9.47 Å². The molecule has 0 unspecified atom stereocenters. The second-order valence-corrected chi connectivity index (χ2v) is 10.4. The number of benzene rings is 1. The highest BCUT2D eigenvalue weighted by Gasteiger charge is 2.22. The van der Waals surface area contributed by atoms with E-state index in [1.807, 2.05) is 30.0 Å². The molecule has 5 rings (SSSR count). The van der Waals surface area contributed by atoms with E-state index >= 15 is 0 Å². The molecule has 1 aromatic carbocycles. The minimum atomic E-state index is -0.0272. The first-order valence-electron chi connectivity index (χ1n) is 11.4. The molecule has 0 saturated heterocycles. The minimum Gasteiger partial charge on any atom is -0.486 e. The Morgan fingerprint density at radius 2 is 2.15 bits per heavy atom. The van der Waals surface area contributed by atoms with E-state index in [1.54, 1.807) is 23.1 Å². The summed E-state index contributed by atoms with van der Waals surface area (Å²) in [6, 6.07) is 5.81. The number of hydrogen-bond acceptors (Lipinski definition) is 7. The van der Waals surface area contributed by atoms with Crippen LogP contribution in [0.1, 0.15) is 41.6 Å². The van der Waals surface area contributed by atoms with Crippen LogP contribution in [0.15, 0.2) is 23.0 Å². The molecule has 0 bridgehead atoms. The van der Waals surface area contributed by atoms with Crippen LogP contribution in [0.25, 0.3) is 10.2 Å². The van der Waals surface area contributed by atoms with Gasteiger partial charge in [0.1, 0.15) is 23.9 Å². The van der Waals surface area contributed by atoms with Gasteiger partial charge < -0.3 is 19.4 Å². The molecule has 2 aromatic heterocycles. The number of nitrogens with one attached hydrogen (secondary N) is 1. The summed E-state index contributed by atoms with van der Waals surface area (Å²) >= 11 is 3.28. The van der Waals surface area contributed by atoms with Crippen molar-refractivity contribution in [2.75, 3.05) is 25.5 Å². The Hall–Kier alpha value is -2.52. The van der Waals surface area contributed by atoms with Crippen molar-refractivity contribution in [2.45, 2.75) is 44.9 Å². The van der Waals surface area contributed by atoms with Crippen molar-refractivity contribution < 1.29 is 14.3 Å². The molecule has 3 aromatic rings. The Morgan fingerprint density at radius 1 is 1.27 bits per heavy atom. The van der Waals surface area contributed by atoms with E-state index < -0.39 is 0 Å². The van der Waals surface area contributed by atoms with Crippen molar-refractivity contribution in [1.29, 1.82) is 0 Å². The number of rotatable bonds is 8. The Bertz CT molecular complexity index is 1240. The Balaban J connectivity index is 1.16. The Kier molecular flexibility index (Phi) is 6.59. The minimum absolute atomic E-state index is 0.0272. The molecular formula is C24H27N3O4S2. The average molecular weight is 486 g/mol. The average Bonchev–Trinajstić information content (AvgIpc) is 3.41. The van der Waals surface area contributed by atoms with E-state index in [0.717, 1.165) is 46.5 Å².